The number of hydrogen-bond acceptors (Lipinski definition) is 5. The number of carbonyl (C=O) groups is 1. The van der Waals surface area contributed by atoms with Crippen LogP contribution >= 0.6 is 11.3 Å². The minimum absolute atomic E-state index is 0.209. The summed E-state index contributed by atoms with van der Waals surface area (Å²) in [6, 6.07) is 21.6. The van der Waals surface area contributed by atoms with Crippen LogP contribution in [0.3, 0.4) is 0 Å². The highest BCUT2D eigenvalue weighted by Gasteiger charge is 2.13. The molecule has 0 spiro atoms. The number of ether oxygens (including phenoxy) is 1. The molecule has 1 N–H and O–H groups in total. The van der Waals surface area contributed by atoms with Gasteiger partial charge in [0.1, 0.15) is 5.69 Å². The van der Waals surface area contributed by atoms with Crippen LogP contribution in [0.25, 0.3) is 10.8 Å². The molecule has 2 heterocycles. The smallest absolute Gasteiger partial charge is 0.271 e. The van der Waals surface area contributed by atoms with Gasteiger partial charge in [-0.25, -0.2) is 4.98 Å². The molecule has 0 aliphatic rings. The molecule has 2 aromatic carbocycles. The van der Waals surface area contributed by atoms with Crippen molar-refractivity contribution < 1.29 is 13.9 Å². The molecule has 0 atom stereocenters. The van der Waals surface area contributed by atoms with Crippen LogP contribution < -0.4 is 5.32 Å². The number of thiazole rings is 1. The second-order valence-corrected chi connectivity index (χ2v) is 7.30. The first-order valence-corrected chi connectivity index (χ1v) is 10.1. The molecule has 146 valence electrons. The first kappa shape index (κ1) is 19.1. The number of nitrogens with one attached hydrogen (secondary N) is 1. The van der Waals surface area contributed by atoms with Gasteiger partial charge in [-0.3, -0.25) is 4.79 Å². The van der Waals surface area contributed by atoms with Crippen molar-refractivity contribution in [3.8, 4) is 10.8 Å². The van der Waals surface area contributed by atoms with Gasteiger partial charge in [0.2, 0.25) is 0 Å². The molecule has 5 nitrogen and oxygen atoms in total. The average molecular weight is 404 g/mol. The SMILES string of the molecule is O=C(NCc1ccccc1COCc1ccccc1)c1csc(-c2ccco2)n1. The Morgan fingerprint density at radius 2 is 1.76 bits per heavy atom. The molecular formula is C23H20N2O3S. The third-order valence-corrected chi connectivity index (χ3v) is 5.25. The Balaban J connectivity index is 1.34. The Labute approximate surface area is 173 Å². The van der Waals surface area contributed by atoms with Crippen LogP contribution in [0.4, 0.5) is 0 Å². The summed E-state index contributed by atoms with van der Waals surface area (Å²) < 4.78 is 11.2. The summed E-state index contributed by atoms with van der Waals surface area (Å²) in [5.74, 6) is 0.453. The van der Waals surface area contributed by atoms with Crippen molar-refractivity contribution in [2.45, 2.75) is 19.8 Å². The maximum Gasteiger partial charge on any atom is 0.271 e. The first-order chi connectivity index (χ1) is 14.3. The van der Waals surface area contributed by atoms with E-state index in [1.165, 1.54) is 11.3 Å². The predicted octanol–water partition coefficient (Wildman–Crippen LogP) is 5.05. The van der Waals surface area contributed by atoms with Gasteiger partial charge in [-0.1, -0.05) is 54.6 Å². The molecule has 4 rings (SSSR count). The van der Waals surface area contributed by atoms with Crippen LogP contribution in [0.1, 0.15) is 27.2 Å². The zero-order valence-corrected chi connectivity index (χ0v) is 16.5. The van der Waals surface area contributed by atoms with E-state index in [-0.39, 0.29) is 5.91 Å². The van der Waals surface area contributed by atoms with E-state index in [4.69, 9.17) is 9.15 Å². The topological polar surface area (TPSA) is 64.4 Å². The van der Waals surface area contributed by atoms with Gasteiger partial charge in [0, 0.05) is 11.9 Å². The van der Waals surface area contributed by atoms with Crippen LogP contribution in [0.15, 0.2) is 82.8 Å². The number of nitrogens with zero attached hydrogens (tertiary/aromatic N) is 1. The zero-order valence-electron chi connectivity index (χ0n) is 15.7. The highest BCUT2D eigenvalue weighted by molar-refractivity contribution is 7.13. The van der Waals surface area contributed by atoms with Gasteiger partial charge in [-0.05, 0) is 28.8 Å². The minimum Gasteiger partial charge on any atom is -0.462 e. The lowest BCUT2D eigenvalue weighted by Crippen LogP contribution is -2.23. The van der Waals surface area contributed by atoms with Gasteiger partial charge in [-0.15, -0.1) is 11.3 Å². The molecule has 0 aliphatic heterocycles. The second-order valence-electron chi connectivity index (χ2n) is 6.44. The quantitative estimate of drug-likeness (QED) is 0.446. The Morgan fingerprint density at radius 3 is 2.55 bits per heavy atom. The standard InChI is InChI=1S/C23H20N2O3S/c26-22(20-16-29-23(25-20)21-11-6-12-28-21)24-13-18-9-4-5-10-19(18)15-27-14-17-7-2-1-3-8-17/h1-12,16H,13-15H2,(H,24,26). The molecule has 0 saturated heterocycles. The Hall–Kier alpha value is -3.22. The summed E-state index contributed by atoms with van der Waals surface area (Å²) in [5.41, 5.74) is 3.60. The largest absolute Gasteiger partial charge is 0.462 e. The van der Waals surface area contributed by atoms with Gasteiger partial charge in [0.05, 0.1) is 19.5 Å². The molecule has 0 radical (unpaired) electrons. The van der Waals surface area contributed by atoms with E-state index < -0.39 is 0 Å². The van der Waals surface area contributed by atoms with Crippen molar-refractivity contribution in [1.82, 2.24) is 10.3 Å². The predicted molar refractivity (Wildman–Crippen MR) is 112 cm³/mol. The normalized spacial score (nSPS) is 10.8. The maximum atomic E-state index is 12.5. The van der Waals surface area contributed by atoms with Crippen LogP contribution in [0, 0.1) is 0 Å². The van der Waals surface area contributed by atoms with E-state index in [0.717, 1.165) is 16.7 Å². The van der Waals surface area contributed by atoms with Crippen molar-refractivity contribution >= 4 is 17.2 Å². The number of benzene rings is 2. The Morgan fingerprint density at radius 1 is 0.966 bits per heavy atom. The Bertz CT molecular complexity index is 1060. The highest BCUT2D eigenvalue weighted by Crippen LogP contribution is 2.24. The second kappa shape index (κ2) is 9.32. The Kier molecular flexibility index (Phi) is 6.14. The lowest BCUT2D eigenvalue weighted by molar-refractivity contribution is 0.0943. The first-order valence-electron chi connectivity index (χ1n) is 9.25. The average Bonchev–Trinajstić information content (AvgIpc) is 3.45. The van der Waals surface area contributed by atoms with Crippen LogP contribution in [0.5, 0.6) is 0 Å². The third-order valence-electron chi connectivity index (χ3n) is 4.40. The summed E-state index contributed by atoms with van der Waals surface area (Å²) in [5, 5.41) is 5.37. The van der Waals surface area contributed by atoms with Gasteiger partial charge < -0.3 is 14.5 Å². The molecule has 0 bridgehead atoms. The number of aromatic nitrogens is 1. The summed E-state index contributed by atoms with van der Waals surface area (Å²) >= 11 is 1.38. The highest BCUT2D eigenvalue weighted by atomic mass is 32.1. The van der Waals surface area contributed by atoms with E-state index in [2.05, 4.69) is 10.3 Å². The molecular weight excluding hydrogens is 384 g/mol. The number of furan rings is 1. The van der Waals surface area contributed by atoms with Gasteiger partial charge in [0.25, 0.3) is 5.91 Å². The molecule has 4 aromatic rings. The number of amides is 1. The van der Waals surface area contributed by atoms with Crippen molar-refractivity contribution in [2.75, 3.05) is 0 Å². The van der Waals surface area contributed by atoms with Crippen LogP contribution in [-0.4, -0.2) is 10.9 Å². The fourth-order valence-corrected chi connectivity index (χ4v) is 3.65. The number of rotatable bonds is 8. The molecule has 6 heteroatoms. The number of hydrogen-bond donors (Lipinski definition) is 1. The van der Waals surface area contributed by atoms with E-state index in [9.17, 15) is 4.79 Å². The monoisotopic (exact) mass is 404 g/mol. The van der Waals surface area contributed by atoms with Crippen molar-refractivity contribution in [2.24, 2.45) is 0 Å². The lowest BCUT2D eigenvalue weighted by Gasteiger charge is -2.11. The summed E-state index contributed by atoms with van der Waals surface area (Å²) in [4.78, 5) is 16.8. The maximum absolute atomic E-state index is 12.5. The molecule has 0 unspecified atom stereocenters. The van der Waals surface area contributed by atoms with Crippen LogP contribution in [0.2, 0.25) is 0 Å². The van der Waals surface area contributed by atoms with E-state index in [1.807, 2.05) is 60.7 Å². The summed E-state index contributed by atoms with van der Waals surface area (Å²) in [6.45, 7) is 1.45. The molecule has 2 aromatic heterocycles. The molecule has 1 amide bonds. The van der Waals surface area contributed by atoms with Crippen molar-refractivity contribution in [3.05, 3.63) is 101 Å². The number of carbonyl (C=O) groups excluding carboxylic acids is 1. The van der Waals surface area contributed by atoms with Gasteiger partial charge >= 0.3 is 0 Å². The van der Waals surface area contributed by atoms with Crippen molar-refractivity contribution in [1.29, 1.82) is 0 Å². The zero-order chi connectivity index (χ0) is 19.9. The fraction of sp³-hybridized carbons (Fsp3) is 0.130. The van der Waals surface area contributed by atoms with Gasteiger partial charge in [-0.2, -0.15) is 0 Å². The fourth-order valence-electron chi connectivity index (χ4n) is 2.88. The van der Waals surface area contributed by atoms with Gasteiger partial charge in [0.15, 0.2) is 10.8 Å². The minimum atomic E-state index is -0.209. The summed E-state index contributed by atoms with van der Waals surface area (Å²) in [7, 11) is 0. The lowest BCUT2D eigenvalue weighted by atomic mass is 10.1. The molecule has 29 heavy (non-hydrogen) atoms. The summed E-state index contributed by atoms with van der Waals surface area (Å²) in [6.07, 6.45) is 1.59. The van der Waals surface area contributed by atoms with Crippen molar-refractivity contribution in [3.63, 3.8) is 0 Å². The third kappa shape index (κ3) is 4.99. The molecule has 0 fully saturated rings. The molecule has 0 saturated carbocycles. The van der Waals surface area contributed by atoms with E-state index >= 15 is 0 Å². The molecule has 0 aliphatic carbocycles. The van der Waals surface area contributed by atoms with Crippen LogP contribution in [-0.2, 0) is 24.5 Å². The van der Waals surface area contributed by atoms with E-state index in [1.54, 1.807) is 17.7 Å². The van der Waals surface area contributed by atoms with E-state index in [0.29, 0.717) is 36.2 Å².